The van der Waals surface area contributed by atoms with Crippen LogP contribution in [0.25, 0.3) is 0 Å². The van der Waals surface area contributed by atoms with Crippen LogP contribution in [0, 0.1) is 12.3 Å². The molecule has 1 aromatic heterocycles. The third kappa shape index (κ3) is 3.47. The first kappa shape index (κ1) is 18.9. The van der Waals surface area contributed by atoms with E-state index in [1.807, 2.05) is 33.1 Å². The molecule has 1 aliphatic rings. The molecule has 0 saturated heterocycles. The van der Waals surface area contributed by atoms with Crippen molar-refractivity contribution in [1.29, 1.82) is 0 Å². The van der Waals surface area contributed by atoms with E-state index in [0.29, 0.717) is 25.9 Å². The topological polar surface area (TPSA) is 88.5 Å². The van der Waals surface area contributed by atoms with Crippen LogP contribution in [0.15, 0.2) is 5.38 Å². The molecule has 1 aromatic rings. The number of nitrogens with one attached hydrogen (secondary N) is 1. The standard InChI is InChI=1S/C17H26N2O4S/c1-5-23-13-9-17(15(21)22,16(13,3)4)19-14(20)8-6-7-12-10-24-11(2)18-12/h10,13H,5-9H2,1-4H3,(H,19,20)(H,21,22). The maximum absolute atomic E-state index is 12.3. The third-order valence-corrected chi connectivity index (χ3v) is 5.81. The second-order valence-corrected chi connectivity index (χ2v) is 7.90. The van der Waals surface area contributed by atoms with Crippen LogP contribution in [0.3, 0.4) is 0 Å². The van der Waals surface area contributed by atoms with E-state index in [4.69, 9.17) is 4.74 Å². The van der Waals surface area contributed by atoms with Crippen molar-refractivity contribution in [2.45, 2.75) is 65.0 Å². The van der Waals surface area contributed by atoms with Crippen molar-refractivity contribution < 1.29 is 19.4 Å². The van der Waals surface area contributed by atoms with E-state index >= 15 is 0 Å². The molecule has 2 unspecified atom stereocenters. The number of hydrogen-bond acceptors (Lipinski definition) is 5. The van der Waals surface area contributed by atoms with Gasteiger partial charge in [0, 0.05) is 30.2 Å². The Bertz CT molecular complexity index is 613. The molecule has 0 bridgehead atoms. The maximum atomic E-state index is 12.3. The van der Waals surface area contributed by atoms with Crippen molar-refractivity contribution in [2.24, 2.45) is 5.41 Å². The molecule has 0 aromatic carbocycles. The predicted molar refractivity (Wildman–Crippen MR) is 92.1 cm³/mol. The van der Waals surface area contributed by atoms with Gasteiger partial charge in [-0.2, -0.15) is 0 Å². The van der Waals surface area contributed by atoms with Crippen LogP contribution in [0.1, 0.15) is 50.7 Å². The molecule has 2 rings (SSSR count). The zero-order valence-electron chi connectivity index (χ0n) is 14.7. The number of thiazole rings is 1. The van der Waals surface area contributed by atoms with E-state index in [0.717, 1.165) is 17.1 Å². The summed E-state index contributed by atoms with van der Waals surface area (Å²) < 4.78 is 5.60. The monoisotopic (exact) mass is 354 g/mol. The Morgan fingerprint density at radius 1 is 1.50 bits per heavy atom. The summed E-state index contributed by atoms with van der Waals surface area (Å²) >= 11 is 1.59. The Morgan fingerprint density at radius 2 is 2.21 bits per heavy atom. The number of carboxylic acids is 1. The summed E-state index contributed by atoms with van der Waals surface area (Å²) in [6, 6.07) is 0. The fraction of sp³-hybridized carbons (Fsp3) is 0.706. The van der Waals surface area contributed by atoms with Crippen molar-refractivity contribution in [2.75, 3.05) is 6.61 Å². The quantitative estimate of drug-likeness (QED) is 0.749. The molecule has 1 aliphatic carbocycles. The number of amides is 1. The molecule has 1 saturated carbocycles. The molecular weight excluding hydrogens is 328 g/mol. The SMILES string of the molecule is CCOC1CC(NC(=O)CCCc2csc(C)n2)(C(=O)O)C1(C)C. The van der Waals surface area contributed by atoms with Crippen molar-refractivity contribution in [3.8, 4) is 0 Å². The summed E-state index contributed by atoms with van der Waals surface area (Å²) in [5, 5.41) is 15.5. The summed E-state index contributed by atoms with van der Waals surface area (Å²) in [7, 11) is 0. The molecule has 2 atom stereocenters. The smallest absolute Gasteiger partial charge is 0.330 e. The van der Waals surface area contributed by atoms with E-state index in [2.05, 4.69) is 10.3 Å². The van der Waals surface area contributed by atoms with Gasteiger partial charge in [0.1, 0.15) is 5.54 Å². The van der Waals surface area contributed by atoms with Crippen LogP contribution in [0.2, 0.25) is 0 Å². The van der Waals surface area contributed by atoms with Crippen LogP contribution >= 0.6 is 11.3 Å². The van der Waals surface area contributed by atoms with E-state index in [1.165, 1.54) is 0 Å². The van der Waals surface area contributed by atoms with Crippen molar-refractivity contribution in [1.82, 2.24) is 10.3 Å². The lowest BCUT2D eigenvalue weighted by atomic mass is 9.54. The first-order valence-corrected chi connectivity index (χ1v) is 9.18. The van der Waals surface area contributed by atoms with Crippen molar-refractivity contribution in [3.63, 3.8) is 0 Å². The minimum Gasteiger partial charge on any atom is -0.479 e. The highest BCUT2D eigenvalue weighted by Crippen LogP contribution is 2.51. The number of aryl methyl sites for hydroxylation is 2. The third-order valence-electron chi connectivity index (χ3n) is 4.99. The van der Waals surface area contributed by atoms with Gasteiger partial charge in [-0.15, -0.1) is 11.3 Å². The molecule has 6 nitrogen and oxygen atoms in total. The highest BCUT2D eigenvalue weighted by molar-refractivity contribution is 7.09. The number of carboxylic acid groups (broad SMARTS) is 1. The molecule has 2 N–H and O–H groups in total. The first-order chi connectivity index (χ1) is 11.2. The lowest BCUT2D eigenvalue weighted by molar-refractivity contribution is -0.194. The van der Waals surface area contributed by atoms with Gasteiger partial charge in [-0.25, -0.2) is 9.78 Å². The average molecular weight is 354 g/mol. The van der Waals surface area contributed by atoms with E-state index in [-0.39, 0.29) is 12.0 Å². The number of aromatic nitrogens is 1. The lowest BCUT2D eigenvalue weighted by Gasteiger charge is -2.58. The summed E-state index contributed by atoms with van der Waals surface area (Å²) in [4.78, 5) is 28.5. The molecule has 1 amide bonds. The molecule has 0 spiro atoms. The zero-order chi connectivity index (χ0) is 18.0. The van der Waals surface area contributed by atoms with Crippen molar-refractivity contribution >= 4 is 23.2 Å². The van der Waals surface area contributed by atoms with Crippen LogP contribution in [0.5, 0.6) is 0 Å². The van der Waals surface area contributed by atoms with E-state index in [1.54, 1.807) is 11.3 Å². The minimum atomic E-state index is -1.25. The second-order valence-electron chi connectivity index (χ2n) is 6.84. The highest BCUT2D eigenvalue weighted by Gasteiger charge is 2.66. The number of aliphatic carboxylic acids is 1. The fourth-order valence-corrected chi connectivity index (χ4v) is 3.94. The molecule has 24 heavy (non-hydrogen) atoms. The molecule has 1 heterocycles. The van der Waals surface area contributed by atoms with Crippen LogP contribution in [-0.2, 0) is 20.7 Å². The summed E-state index contributed by atoms with van der Waals surface area (Å²) in [5.41, 5.74) is -0.906. The summed E-state index contributed by atoms with van der Waals surface area (Å²) in [6.45, 7) is 8.04. The van der Waals surface area contributed by atoms with E-state index in [9.17, 15) is 14.7 Å². The van der Waals surface area contributed by atoms with Gasteiger partial charge in [0.2, 0.25) is 5.91 Å². The Hall–Kier alpha value is -1.47. The molecule has 0 radical (unpaired) electrons. The van der Waals surface area contributed by atoms with Crippen LogP contribution in [0.4, 0.5) is 0 Å². The van der Waals surface area contributed by atoms with Gasteiger partial charge >= 0.3 is 5.97 Å². The van der Waals surface area contributed by atoms with Gasteiger partial charge in [-0.3, -0.25) is 4.79 Å². The van der Waals surface area contributed by atoms with Gasteiger partial charge in [0.15, 0.2) is 0 Å². The number of ether oxygens (including phenoxy) is 1. The lowest BCUT2D eigenvalue weighted by Crippen LogP contribution is -2.76. The number of rotatable bonds is 8. The summed E-state index contributed by atoms with van der Waals surface area (Å²) in [6.07, 6.45) is 1.82. The maximum Gasteiger partial charge on any atom is 0.330 e. The Kier molecular flexibility index (Phi) is 5.65. The number of carbonyl (C=O) groups excluding carboxylic acids is 1. The van der Waals surface area contributed by atoms with Gasteiger partial charge in [-0.1, -0.05) is 13.8 Å². The number of carbonyl (C=O) groups is 2. The molecule has 7 heteroatoms. The second kappa shape index (κ2) is 7.19. The summed E-state index contributed by atoms with van der Waals surface area (Å²) in [5.74, 6) is -1.22. The molecule has 0 aliphatic heterocycles. The van der Waals surface area contributed by atoms with E-state index < -0.39 is 16.9 Å². The zero-order valence-corrected chi connectivity index (χ0v) is 15.5. The van der Waals surface area contributed by atoms with Crippen LogP contribution < -0.4 is 5.32 Å². The highest BCUT2D eigenvalue weighted by atomic mass is 32.1. The number of nitrogens with zero attached hydrogens (tertiary/aromatic N) is 1. The van der Waals surface area contributed by atoms with Gasteiger partial charge in [0.05, 0.1) is 16.8 Å². The minimum absolute atomic E-state index is 0.156. The van der Waals surface area contributed by atoms with Gasteiger partial charge in [-0.05, 0) is 26.7 Å². The first-order valence-electron chi connectivity index (χ1n) is 8.30. The normalized spacial score (nSPS) is 25.1. The fourth-order valence-electron chi connectivity index (χ4n) is 3.29. The molecule has 1 fully saturated rings. The Balaban J connectivity index is 1.91. The van der Waals surface area contributed by atoms with Crippen molar-refractivity contribution in [3.05, 3.63) is 16.1 Å². The molecular formula is C17H26N2O4S. The largest absolute Gasteiger partial charge is 0.479 e. The molecule has 134 valence electrons. The average Bonchev–Trinajstić information content (AvgIpc) is 2.91. The number of hydrogen-bond donors (Lipinski definition) is 2. The van der Waals surface area contributed by atoms with Crippen LogP contribution in [-0.4, -0.2) is 40.2 Å². The Labute approximate surface area is 146 Å². The predicted octanol–water partition coefficient (Wildman–Crippen LogP) is 2.55. The Morgan fingerprint density at radius 3 is 2.71 bits per heavy atom. The van der Waals surface area contributed by atoms with Gasteiger partial charge < -0.3 is 15.2 Å². The van der Waals surface area contributed by atoms with Gasteiger partial charge in [0.25, 0.3) is 0 Å².